The Kier molecular flexibility index (Phi) is 52.2. The van der Waals surface area contributed by atoms with Gasteiger partial charge in [0.15, 0.2) is 6.10 Å². The van der Waals surface area contributed by atoms with Crippen molar-refractivity contribution in [3.05, 3.63) is 182 Å². The highest BCUT2D eigenvalue weighted by molar-refractivity contribution is 5.70. The molecule has 0 heterocycles. The van der Waals surface area contributed by atoms with Gasteiger partial charge in [-0.05, 0) is 141 Å². The smallest absolute Gasteiger partial charge is 0.306 e. The third kappa shape index (κ3) is 53.6. The van der Waals surface area contributed by atoms with Crippen molar-refractivity contribution in [2.45, 2.75) is 181 Å². The van der Waals surface area contributed by atoms with Gasteiger partial charge < -0.3 is 14.2 Å². The van der Waals surface area contributed by atoms with Crippen LogP contribution in [0.3, 0.4) is 0 Å². The molecule has 0 aliphatic heterocycles. The largest absolute Gasteiger partial charge is 0.462 e. The van der Waals surface area contributed by atoms with E-state index in [2.05, 4.69) is 203 Å². The minimum atomic E-state index is -0.628. The van der Waals surface area contributed by atoms with Gasteiger partial charge >= 0.3 is 11.9 Å². The Morgan fingerprint density at radius 1 is 0.324 bits per heavy atom. The fourth-order valence-electron chi connectivity index (χ4n) is 6.13. The number of hydrogen-bond donors (Lipinski definition) is 0. The van der Waals surface area contributed by atoms with E-state index < -0.39 is 6.10 Å². The molecule has 0 spiro atoms. The second-order valence-corrected chi connectivity index (χ2v) is 16.3. The van der Waals surface area contributed by atoms with Gasteiger partial charge in [0, 0.05) is 19.4 Å². The third-order valence-corrected chi connectivity index (χ3v) is 9.92. The highest BCUT2D eigenvalue weighted by Gasteiger charge is 2.17. The predicted molar refractivity (Wildman–Crippen MR) is 297 cm³/mol. The van der Waals surface area contributed by atoms with Crippen LogP contribution in [0, 0.1) is 0 Å². The number of carbonyl (C=O) groups excluding carboxylic acids is 2. The molecule has 1 unspecified atom stereocenters. The Balaban J connectivity index is 4.60. The molecular formula is C63H94O5. The molecule has 0 bridgehead atoms. The quantitative estimate of drug-likeness (QED) is 0.0346. The van der Waals surface area contributed by atoms with E-state index in [1.165, 1.54) is 0 Å². The molecule has 0 aromatic carbocycles. The van der Waals surface area contributed by atoms with Crippen LogP contribution in [0.25, 0.3) is 0 Å². The standard InChI is InChI=1S/C63H94O5/c1-4-7-10-13-16-19-22-25-28-31-34-37-40-43-46-49-52-55-58-66-59-61(68-63(65)57-54-51-48-45-42-39-36-33-30-27-24-21-18-15-12-9-6-3)60-67-62(64)56-53-50-47-44-41-38-35-32-29-26-23-20-17-14-11-8-5-2/h7-12,16-21,25-30,34-39,43-48,61H,4-6,13-15,22-24,31-33,40-42,49-60H2,1-3H3/b10-7-,11-8-,12-9-,19-16-,20-17-,21-18-,28-25-,29-26-,30-27-,37-34-,38-35-,39-36-,46-43-,47-44-,48-45-. The van der Waals surface area contributed by atoms with Crippen LogP contribution in [0.5, 0.6) is 0 Å². The van der Waals surface area contributed by atoms with Crippen molar-refractivity contribution >= 4 is 11.9 Å². The second-order valence-electron chi connectivity index (χ2n) is 16.3. The fraction of sp³-hybridized carbons (Fsp3) is 0.492. The van der Waals surface area contributed by atoms with E-state index in [9.17, 15) is 9.59 Å². The molecule has 1 atom stereocenters. The Labute approximate surface area is 417 Å². The zero-order valence-electron chi connectivity index (χ0n) is 43.0. The zero-order valence-corrected chi connectivity index (χ0v) is 43.0. The number of ether oxygens (including phenoxy) is 3. The van der Waals surface area contributed by atoms with Gasteiger partial charge in [-0.15, -0.1) is 0 Å². The Morgan fingerprint density at radius 3 is 0.926 bits per heavy atom. The van der Waals surface area contributed by atoms with Gasteiger partial charge in [-0.2, -0.15) is 0 Å². The minimum Gasteiger partial charge on any atom is -0.462 e. The van der Waals surface area contributed by atoms with Gasteiger partial charge in [-0.3, -0.25) is 9.59 Å². The molecule has 0 saturated carbocycles. The van der Waals surface area contributed by atoms with Crippen LogP contribution in [0.4, 0.5) is 0 Å². The molecule has 5 nitrogen and oxygen atoms in total. The molecule has 376 valence electrons. The van der Waals surface area contributed by atoms with Gasteiger partial charge in [-0.1, -0.05) is 203 Å². The lowest BCUT2D eigenvalue weighted by Crippen LogP contribution is -2.30. The fourth-order valence-corrected chi connectivity index (χ4v) is 6.13. The number of carbonyl (C=O) groups is 2. The minimum absolute atomic E-state index is 0.00104. The van der Waals surface area contributed by atoms with E-state index >= 15 is 0 Å². The van der Waals surface area contributed by atoms with Crippen molar-refractivity contribution in [1.82, 2.24) is 0 Å². The Morgan fingerprint density at radius 2 is 0.603 bits per heavy atom. The summed E-state index contributed by atoms with van der Waals surface area (Å²) in [6.45, 7) is 7.22. The monoisotopic (exact) mass is 931 g/mol. The maximum Gasteiger partial charge on any atom is 0.306 e. The number of hydrogen-bond acceptors (Lipinski definition) is 5. The average Bonchev–Trinajstić information content (AvgIpc) is 3.34. The summed E-state index contributed by atoms with van der Waals surface area (Å²) in [5, 5.41) is 0. The van der Waals surface area contributed by atoms with Crippen LogP contribution >= 0.6 is 0 Å². The molecule has 0 radical (unpaired) electrons. The summed E-state index contributed by atoms with van der Waals surface area (Å²) in [4.78, 5) is 25.4. The van der Waals surface area contributed by atoms with Gasteiger partial charge in [-0.25, -0.2) is 0 Å². The molecule has 0 amide bonds. The lowest BCUT2D eigenvalue weighted by molar-refractivity contribution is -0.162. The number of rotatable bonds is 45. The summed E-state index contributed by atoms with van der Waals surface area (Å²) in [6.07, 6.45) is 86.3. The van der Waals surface area contributed by atoms with E-state index in [1.807, 2.05) is 0 Å². The van der Waals surface area contributed by atoms with Crippen LogP contribution in [-0.2, 0) is 23.8 Å². The van der Waals surface area contributed by atoms with Crippen LogP contribution in [0.15, 0.2) is 182 Å². The first kappa shape index (κ1) is 63.0. The molecule has 5 heteroatoms. The van der Waals surface area contributed by atoms with Gasteiger partial charge in [0.05, 0.1) is 6.61 Å². The van der Waals surface area contributed by atoms with Crippen LogP contribution < -0.4 is 0 Å². The molecule has 0 aliphatic carbocycles. The van der Waals surface area contributed by atoms with Crippen LogP contribution in [0.1, 0.15) is 175 Å². The molecule has 0 N–H and O–H groups in total. The summed E-state index contributed by atoms with van der Waals surface area (Å²) in [5.41, 5.74) is 0. The van der Waals surface area contributed by atoms with Gasteiger partial charge in [0.1, 0.15) is 6.61 Å². The highest BCUT2D eigenvalue weighted by Crippen LogP contribution is 2.08. The summed E-state index contributed by atoms with van der Waals surface area (Å²) in [7, 11) is 0. The predicted octanol–water partition coefficient (Wildman–Crippen LogP) is 18.2. The number of unbranched alkanes of at least 4 members (excludes halogenated alkanes) is 4. The topological polar surface area (TPSA) is 61.8 Å². The van der Waals surface area contributed by atoms with Crippen molar-refractivity contribution in [2.24, 2.45) is 0 Å². The first-order chi connectivity index (χ1) is 33.6. The Bertz CT molecular complexity index is 1620. The van der Waals surface area contributed by atoms with Crippen molar-refractivity contribution in [3.8, 4) is 0 Å². The van der Waals surface area contributed by atoms with Gasteiger partial charge in [0.2, 0.25) is 0 Å². The van der Waals surface area contributed by atoms with Crippen molar-refractivity contribution in [2.75, 3.05) is 19.8 Å². The zero-order chi connectivity index (χ0) is 49.2. The van der Waals surface area contributed by atoms with Crippen molar-refractivity contribution in [1.29, 1.82) is 0 Å². The molecule has 0 aliphatic rings. The molecule has 0 saturated heterocycles. The number of esters is 2. The molecule has 0 aromatic heterocycles. The first-order valence-electron chi connectivity index (χ1n) is 26.3. The molecular weight excluding hydrogens is 837 g/mol. The van der Waals surface area contributed by atoms with Crippen LogP contribution in [-0.4, -0.2) is 37.9 Å². The maximum atomic E-state index is 12.8. The molecule has 68 heavy (non-hydrogen) atoms. The van der Waals surface area contributed by atoms with E-state index in [1.54, 1.807) is 0 Å². The number of allylic oxidation sites excluding steroid dienone is 30. The normalized spacial score (nSPS) is 13.8. The molecule has 0 rings (SSSR count). The van der Waals surface area contributed by atoms with E-state index in [4.69, 9.17) is 14.2 Å². The van der Waals surface area contributed by atoms with E-state index in [0.29, 0.717) is 32.3 Å². The summed E-state index contributed by atoms with van der Waals surface area (Å²) < 4.78 is 17.3. The van der Waals surface area contributed by atoms with Crippen LogP contribution in [0.2, 0.25) is 0 Å². The van der Waals surface area contributed by atoms with Crippen molar-refractivity contribution < 1.29 is 23.8 Å². The average molecular weight is 931 g/mol. The van der Waals surface area contributed by atoms with E-state index in [-0.39, 0.29) is 25.2 Å². The maximum absolute atomic E-state index is 12.8. The molecule has 0 fully saturated rings. The first-order valence-corrected chi connectivity index (χ1v) is 26.3. The summed E-state index contributed by atoms with van der Waals surface area (Å²) in [5.74, 6) is -0.576. The lowest BCUT2D eigenvalue weighted by atomic mass is 10.2. The summed E-state index contributed by atoms with van der Waals surface area (Å²) in [6, 6.07) is 0. The second kappa shape index (κ2) is 56.3. The lowest BCUT2D eigenvalue weighted by Gasteiger charge is -2.18. The summed E-state index contributed by atoms with van der Waals surface area (Å²) >= 11 is 0. The van der Waals surface area contributed by atoms with E-state index in [0.717, 1.165) is 128 Å². The SMILES string of the molecule is CC/C=C\C/C=C\C/C=C\C/C=C\C/C=C\CCCCOCC(COC(=O)CCC/C=C\C/C=C\C/C=C\C/C=C\C/C=C\CC)OC(=O)CCC/C=C\C/C=C\C/C=C\C/C=C\C/C=C\CC. The van der Waals surface area contributed by atoms with Crippen molar-refractivity contribution in [3.63, 3.8) is 0 Å². The Hall–Kier alpha value is -5.00. The molecule has 0 aromatic rings. The van der Waals surface area contributed by atoms with Gasteiger partial charge in [0.25, 0.3) is 0 Å². The third-order valence-electron chi connectivity index (χ3n) is 9.92. The highest BCUT2D eigenvalue weighted by atomic mass is 16.6.